The number of benzene rings is 4. The molecule has 0 saturated heterocycles. The van der Waals surface area contributed by atoms with E-state index in [1.54, 1.807) is 42.5 Å². The van der Waals surface area contributed by atoms with Crippen LogP contribution in [-0.4, -0.2) is 11.8 Å². The smallest absolute Gasteiger partial charge is 0.257 e. The molecule has 0 fully saturated rings. The predicted molar refractivity (Wildman–Crippen MR) is 125 cm³/mol. The molecule has 0 saturated carbocycles. The van der Waals surface area contributed by atoms with Crippen LogP contribution in [0.2, 0.25) is 0 Å². The zero-order valence-electron chi connectivity index (χ0n) is 16.7. The predicted octanol–water partition coefficient (Wildman–Crippen LogP) is 5.93. The molecule has 0 aliphatic rings. The number of carbonyl (C=O) groups excluding carboxylic acids is 2. The molecule has 0 heterocycles. The first-order chi connectivity index (χ1) is 15.2. The van der Waals surface area contributed by atoms with Gasteiger partial charge in [0.1, 0.15) is 0 Å². The molecule has 3 N–H and O–H groups in total. The molecule has 31 heavy (non-hydrogen) atoms. The molecule has 0 aliphatic heterocycles. The summed E-state index contributed by atoms with van der Waals surface area (Å²) in [6.07, 6.45) is 0. The van der Waals surface area contributed by atoms with Crippen molar-refractivity contribution in [1.82, 2.24) is 0 Å². The topological polar surface area (TPSA) is 70.2 Å². The van der Waals surface area contributed by atoms with E-state index in [2.05, 4.69) is 16.0 Å². The molecule has 0 aliphatic carbocycles. The van der Waals surface area contributed by atoms with Gasteiger partial charge in [0.15, 0.2) is 0 Å². The summed E-state index contributed by atoms with van der Waals surface area (Å²) < 4.78 is 0. The van der Waals surface area contributed by atoms with Gasteiger partial charge in [0.05, 0.1) is 11.3 Å². The Kier molecular flexibility index (Phi) is 6.05. The molecule has 0 spiro atoms. The van der Waals surface area contributed by atoms with Gasteiger partial charge in [-0.25, -0.2) is 0 Å². The molecule has 5 nitrogen and oxygen atoms in total. The third-order valence-corrected chi connectivity index (χ3v) is 4.66. The Balaban J connectivity index is 1.43. The summed E-state index contributed by atoms with van der Waals surface area (Å²) in [5.41, 5.74) is 4.03. The lowest BCUT2D eigenvalue weighted by atomic mass is 10.1. The lowest BCUT2D eigenvalue weighted by molar-refractivity contribution is 0.101. The second-order valence-electron chi connectivity index (χ2n) is 6.89. The van der Waals surface area contributed by atoms with Crippen molar-refractivity contribution in [2.75, 3.05) is 16.0 Å². The minimum Gasteiger partial charge on any atom is -0.355 e. The second kappa shape index (κ2) is 9.41. The maximum atomic E-state index is 12.9. The number of rotatable bonds is 6. The van der Waals surface area contributed by atoms with Gasteiger partial charge in [-0.15, -0.1) is 0 Å². The van der Waals surface area contributed by atoms with Gasteiger partial charge in [-0.05, 0) is 60.7 Å². The maximum absolute atomic E-state index is 12.9. The standard InChI is InChI=1S/C26H21N3O2/c30-25(19-9-3-1-4-10-19)28-21-15-17-22(18-16-21)29-26(31)23-13-7-8-14-24(23)27-20-11-5-2-6-12-20/h1-18,27H,(H,28,30)(H,29,31). The summed E-state index contributed by atoms with van der Waals surface area (Å²) in [6.45, 7) is 0. The van der Waals surface area contributed by atoms with Gasteiger partial charge in [0, 0.05) is 22.6 Å². The van der Waals surface area contributed by atoms with Crippen molar-refractivity contribution in [3.63, 3.8) is 0 Å². The van der Waals surface area contributed by atoms with Crippen molar-refractivity contribution in [1.29, 1.82) is 0 Å². The molecule has 0 radical (unpaired) electrons. The zero-order valence-corrected chi connectivity index (χ0v) is 16.7. The second-order valence-corrected chi connectivity index (χ2v) is 6.89. The van der Waals surface area contributed by atoms with Crippen molar-refractivity contribution in [2.45, 2.75) is 0 Å². The Morgan fingerprint density at radius 2 is 1.00 bits per heavy atom. The Morgan fingerprint density at radius 1 is 0.484 bits per heavy atom. The van der Waals surface area contributed by atoms with Gasteiger partial charge in [0.2, 0.25) is 0 Å². The van der Waals surface area contributed by atoms with E-state index in [4.69, 9.17) is 0 Å². The number of carbonyl (C=O) groups is 2. The third kappa shape index (κ3) is 5.16. The summed E-state index contributed by atoms with van der Waals surface area (Å²) in [5, 5.41) is 9.03. The molecule has 0 unspecified atom stereocenters. The van der Waals surface area contributed by atoms with Crippen LogP contribution < -0.4 is 16.0 Å². The fraction of sp³-hybridized carbons (Fsp3) is 0. The SMILES string of the molecule is O=C(Nc1ccc(NC(=O)c2ccccc2Nc2ccccc2)cc1)c1ccccc1. The first-order valence-electron chi connectivity index (χ1n) is 9.88. The van der Waals surface area contributed by atoms with Crippen LogP contribution in [0.1, 0.15) is 20.7 Å². The Bertz CT molecular complexity index is 1170. The molecule has 4 aromatic rings. The van der Waals surface area contributed by atoms with E-state index in [-0.39, 0.29) is 11.8 Å². The van der Waals surface area contributed by atoms with Gasteiger partial charge in [-0.2, -0.15) is 0 Å². The van der Waals surface area contributed by atoms with E-state index in [1.807, 2.05) is 66.7 Å². The highest BCUT2D eigenvalue weighted by Crippen LogP contribution is 2.22. The fourth-order valence-corrected chi connectivity index (χ4v) is 3.10. The van der Waals surface area contributed by atoms with Crippen LogP contribution in [0.3, 0.4) is 0 Å². The molecule has 0 atom stereocenters. The largest absolute Gasteiger partial charge is 0.355 e. The minimum atomic E-state index is -0.222. The van der Waals surface area contributed by atoms with E-state index in [9.17, 15) is 9.59 Å². The van der Waals surface area contributed by atoms with Crippen molar-refractivity contribution in [3.05, 3.63) is 120 Å². The quantitative estimate of drug-likeness (QED) is 0.371. The molecule has 0 bridgehead atoms. The molecule has 2 amide bonds. The first-order valence-corrected chi connectivity index (χ1v) is 9.88. The zero-order chi connectivity index (χ0) is 21.5. The highest BCUT2D eigenvalue weighted by atomic mass is 16.2. The van der Waals surface area contributed by atoms with Crippen LogP contribution in [0.4, 0.5) is 22.7 Å². The van der Waals surface area contributed by atoms with Gasteiger partial charge in [0.25, 0.3) is 11.8 Å². The van der Waals surface area contributed by atoms with Crippen molar-refractivity contribution < 1.29 is 9.59 Å². The number of nitrogens with one attached hydrogen (secondary N) is 3. The van der Waals surface area contributed by atoms with Crippen molar-refractivity contribution in [2.24, 2.45) is 0 Å². The first kappa shape index (κ1) is 19.9. The maximum Gasteiger partial charge on any atom is 0.257 e. The molecular formula is C26H21N3O2. The lowest BCUT2D eigenvalue weighted by Crippen LogP contribution is -2.14. The number of amides is 2. The van der Waals surface area contributed by atoms with Gasteiger partial charge in [-0.1, -0.05) is 48.5 Å². The number of hydrogen-bond acceptors (Lipinski definition) is 3. The Morgan fingerprint density at radius 3 is 1.65 bits per heavy atom. The monoisotopic (exact) mass is 407 g/mol. The van der Waals surface area contributed by atoms with E-state index < -0.39 is 0 Å². The number of hydrogen-bond donors (Lipinski definition) is 3. The number of anilines is 4. The average molecular weight is 407 g/mol. The Hall–Kier alpha value is -4.38. The molecule has 0 aromatic heterocycles. The fourth-order valence-electron chi connectivity index (χ4n) is 3.10. The van der Waals surface area contributed by atoms with Crippen LogP contribution in [0.15, 0.2) is 109 Å². The van der Waals surface area contributed by atoms with Crippen LogP contribution in [0.25, 0.3) is 0 Å². The highest BCUT2D eigenvalue weighted by molar-refractivity contribution is 6.08. The van der Waals surface area contributed by atoms with Crippen LogP contribution in [0, 0.1) is 0 Å². The highest BCUT2D eigenvalue weighted by Gasteiger charge is 2.12. The van der Waals surface area contributed by atoms with Gasteiger partial charge < -0.3 is 16.0 Å². The van der Waals surface area contributed by atoms with Crippen LogP contribution in [0.5, 0.6) is 0 Å². The van der Waals surface area contributed by atoms with E-state index >= 15 is 0 Å². The molecule has 152 valence electrons. The van der Waals surface area contributed by atoms with Crippen molar-refractivity contribution >= 4 is 34.6 Å². The average Bonchev–Trinajstić information content (AvgIpc) is 2.82. The van der Waals surface area contributed by atoms with Gasteiger partial charge in [-0.3, -0.25) is 9.59 Å². The van der Waals surface area contributed by atoms with Crippen LogP contribution in [-0.2, 0) is 0 Å². The molecule has 5 heteroatoms. The molecular weight excluding hydrogens is 386 g/mol. The van der Waals surface area contributed by atoms with E-state index in [1.165, 1.54) is 0 Å². The summed E-state index contributed by atoms with van der Waals surface area (Å²) in [4.78, 5) is 25.1. The summed E-state index contributed by atoms with van der Waals surface area (Å²) in [7, 11) is 0. The molecule has 4 aromatic carbocycles. The van der Waals surface area contributed by atoms with Gasteiger partial charge >= 0.3 is 0 Å². The lowest BCUT2D eigenvalue weighted by Gasteiger charge is -2.13. The van der Waals surface area contributed by atoms with E-state index in [0.717, 1.165) is 11.4 Å². The van der Waals surface area contributed by atoms with E-state index in [0.29, 0.717) is 22.5 Å². The van der Waals surface area contributed by atoms with Crippen molar-refractivity contribution in [3.8, 4) is 0 Å². The molecule has 4 rings (SSSR count). The Labute approximate surface area is 180 Å². The normalized spacial score (nSPS) is 10.2. The van der Waals surface area contributed by atoms with Crippen LogP contribution >= 0.6 is 0 Å². The number of para-hydroxylation sites is 2. The third-order valence-electron chi connectivity index (χ3n) is 4.66. The summed E-state index contributed by atoms with van der Waals surface area (Å²) in [5.74, 6) is -0.404. The summed E-state index contributed by atoms with van der Waals surface area (Å²) >= 11 is 0. The minimum absolute atomic E-state index is 0.182. The summed E-state index contributed by atoms with van der Waals surface area (Å²) in [6, 6.07) is 33.1.